The number of rotatable bonds is 1. The van der Waals surface area contributed by atoms with E-state index in [2.05, 4.69) is 0 Å². The Kier molecular flexibility index (Phi) is 3.04. The molecule has 2 aliphatic heterocycles. The zero-order chi connectivity index (χ0) is 19.6. The molecule has 1 unspecified atom stereocenters. The van der Waals surface area contributed by atoms with Gasteiger partial charge in [-0.2, -0.15) is 0 Å². The molecule has 3 aromatic rings. The standard InChI is InChI=1S/C21H14N2O5/c22-19(23)13-7-11(25)9-17-18(13)21(15-6-5-10(24)8-16(15)27-17)14-4-2-1-3-12(14)20(26)28-21/h1-9,24-25H,(H3,22,23). The lowest BCUT2D eigenvalue weighted by Crippen LogP contribution is -2.35. The van der Waals surface area contributed by atoms with E-state index in [1.165, 1.54) is 24.3 Å². The number of fused-ring (bicyclic) bond motifs is 6. The van der Waals surface area contributed by atoms with E-state index in [9.17, 15) is 15.0 Å². The number of amidine groups is 1. The first-order valence-electron chi connectivity index (χ1n) is 8.48. The van der Waals surface area contributed by atoms with Crippen molar-refractivity contribution in [1.29, 1.82) is 5.41 Å². The number of ether oxygens (including phenoxy) is 2. The summed E-state index contributed by atoms with van der Waals surface area (Å²) in [5.41, 5.74) is 6.37. The molecule has 5 rings (SSSR count). The summed E-state index contributed by atoms with van der Waals surface area (Å²) in [6, 6.07) is 14.1. The van der Waals surface area contributed by atoms with Crippen LogP contribution >= 0.6 is 0 Å². The minimum atomic E-state index is -1.42. The van der Waals surface area contributed by atoms with Crippen molar-refractivity contribution in [3.63, 3.8) is 0 Å². The summed E-state index contributed by atoms with van der Waals surface area (Å²) >= 11 is 0. The van der Waals surface area contributed by atoms with Crippen LogP contribution in [0.4, 0.5) is 0 Å². The molecule has 7 heteroatoms. The lowest BCUT2D eigenvalue weighted by molar-refractivity contribution is 0.0223. The number of carbonyl (C=O) groups is 1. The van der Waals surface area contributed by atoms with E-state index in [0.717, 1.165) is 0 Å². The van der Waals surface area contributed by atoms with Gasteiger partial charge in [-0.25, -0.2) is 4.79 Å². The zero-order valence-electron chi connectivity index (χ0n) is 14.4. The molecular weight excluding hydrogens is 360 g/mol. The van der Waals surface area contributed by atoms with Crippen LogP contribution < -0.4 is 10.5 Å². The molecule has 1 atom stereocenters. The number of nitrogens with two attached hydrogens (primary N) is 1. The average molecular weight is 374 g/mol. The minimum absolute atomic E-state index is 0.0260. The summed E-state index contributed by atoms with van der Waals surface area (Å²) in [7, 11) is 0. The Morgan fingerprint density at radius 2 is 1.71 bits per heavy atom. The van der Waals surface area contributed by atoms with Gasteiger partial charge in [-0.1, -0.05) is 18.2 Å². The second kappa shape index (κ2) is 5.26. The smallest absolute Gasteiger partial charge is 0.340 e. The fraction of sp³-hybridized carbons (Fsp3) is 0.0476. The number of hydrogen-bond acceptors (Lipinski definition) is 6. The van der Waals surface area contributed by atoms with Crippen LogP contribution in [0.15, 0.2) is 54.6 Å². The highest BCUT2D eigenvalue weighted by Gasteiger charge is 2.54. The van der Waals surface area contributed by atoms with Gasteiger partial charge in [-0.15, -0.1) is 0 Å². The number of esters is 1. The third-order valence-electron chi connectivity index (χ3n) is 5.07. The molecule has 0 saturated heterocycles. The maximum Gasteiger partial charge on any atom is 0.340 e. The molecule has 2 aliphatic rings. The van der Waals surface area contributed by atoms with Crippen LogP contribution in [0.2, 0.25) is 0 Å². The average Bonchev–Trinajstić information content (AvgIpc) is 2.94. The molecule has 0 amide bonds. The number of phenolic OH excluding ortho intramolecular Hbond substituents is 2. The number of hydrogen-bond donors (Lipinski definition) is 4. The molecule has 5 N–H and O–H groups in total. The predicted molar refractivity (Wildman–Crippen MR) is 99.0 cm³/mol. The molecule has 138 valence electrons. The van der Waals surface area contributed by atoms with E-state index >= 15 is 0 Å². The molecule has 28 heavy (non-hydrogen) atoms. The maximum atomic E-state index is 12.7. The van der Waals surface area contributed by atoms with Gasteiger partial charge in [0.15, 0.2) is 5.60 Å². The van der Waals surface area contributed by atoms with Crippen molar-refractivity contribution in [2.24, 2.45) is 5.73 Å². The van der Waals surface area contributed by atoms with Crippen molar-refractivity contribution in [2.45, 2.75) is 5.60 Å². The van der Waals surface area contributed by atoms with Gasteiger partial charge in [0.05, 0.1) is 11.1 Å². The number of phenols is 2. The summed E-state index contributed by atoms with van der Waals surface area (Å²) in [5, 5.41) is 28.0. The maximum absolute atomic E-state index is 12.7. The first-order valence-corrected chi connectivity index (χ1v) is 8.48. The van der Waals surface area contributed by atoms with Gasteiger partial charge in [-0.05, 0) is 24.3 Å². The fourth-order valence-corrected chi connectivity index (χ4v) is 4.00. The second-order valence-electron chi connectivity index (χ2n) is 6.68. The highest BCUT2D eigenvalue weighted by molar-refractivity contribution is 6.02. The van der Waals surface area contributed by atoms with Crippen LogP contribution in [0.5, 0.6) is 23.0 Å². The van der Waals surface area contributed by atoms with Crippen LogP contribution in [0.3, 0.4) is 0 Å². The topological polar surface area (TPSA) is 126 Å². The molecule has 1 spiro atoms. The molecule has 0 radical (unpaired) electrons. The Balaban J connectivity index is 1.97. The van der Waals surface area contributed by atoms with Crippen molar-refractivity contribution in [3.8, 4) is 23.0 Å². The van der Waals surface area contributed by atoms with Gasteiger partial charge in [0, 0.05) is 28.8 Å². The van der Waals surface area contributed by atoms with Crippen molar-refractivity contribution >= 4 is 11.8 Å². The van der Waals surface area contributed by atoms with Crippen molar-refractivity contribution in [2.75, 3.05) is 0 Å². The summed E-state index contributed by atoms with van der Waals surface area (Å²) in [4.78, 5) is 12.7. The minimum Gasteiger partial charge on any atom is -0.508 e. The Hall–Kier alpha value is -4.00. The SMILES string of the molecule is N=C(N)c1cc(O)cc2c1C1(OC(=O)c3ccccc31)c1ccc(O)cc1O2. The highest BCUT2D eigenvalue weighted by atomic mass is 16.6. The van der Waals surface area contributed by atoms with Crippen molar-refractivity contribution in [1.82, 2.24) is 0 Å². The summed E-state index contributed by atoms with van der Waals surface area (Å²) in [5.74, 6) is -0.546. The fourth-order valence-electron chi connectivity index (χ4n) is 4.00. The Morgan fingerprint density at radius 1 is 0.964 bits per heavy atom. The lowest BCUT2D eigenvalue weighted by atomic mass is 9.75. The first-order chi connectivity index (χ1) is 13.4. The van der Waals surface area contributed by atoms with E-state index in [0.29, 0.717) is 22.3 Å². The van der Waals surface area contributed by atoms with Gasteiger partial charge >= 0.3 is 5.97 Å². The monoisotopic (exact) mass is 374 g/mol. The summed E-state index contributed by atoms with van der Waals surface area (Å²) in [6.45, 7) is 0. The molecular formula is C21H14N2O5. The molecule has 2 heterocycles. The highest BCUT2D eigenvalue weighted by Crippen LogP contribution is 2.57. The van der Waals surface area contributed by atoms with Crippen LogP contribution in [-0.4, -0.2) is 22.0 Å². The molecule has 0 bridgehead atoms. The van der Waals surface area contributed by atoms with Crippen molar-refractivity contribution < 1.29 is 24.5 Å². The zero-order valence-corrected chi connectivity index (χ0v) is 14.4. The first kappa shape index (κ1) is 16.2. The van der Waals surface area contributed by atoms with Gasteiger partial charge in [0.2, 0.25) is 0 Å². The molecule has 0 aromatic heterocycles. The van der Waals surface area contributed by atoms with Crippen molar-refractivity contribution in [3.05, 3.63) is 82.4 Å². The third kappa shape index (κ3) is 1.92. The van der Waals surface area contributed by atoms with Crippen LogP contribution in [0.1, 0.15) is 32.6 Å². The molecule has 0 fully saturated rings. The number of carbonyl (C=O) groups excluding carboxylic acids is 1. The van der Waals surface area contributed by atoms with E-state index in [1.807, 2.05) is 0 Å². The van der Waals surface area contributed by atoms with Gasteiger partial charge < -0.3 is 25.4 Å². The molecule has 0 aliphatic carbocycles. The largest absolute Gasteiger partial charge is 0.508 e. The molecule has 3 aromatic carbocycles. The number of aromatic hydroxyl groups is 2. The van der Waals surface area contributed by atoms with Gasteiger partial charge in [-0.3, -0.25) is 5.41 Å². The second-order valence-corrected chi connectivity index (χ2v) is 6.68. The normalized spacial score (nSPS) is 18.6. The Bertz CT molecular complexity index is 1200. The predicted octanol–water partition coefficient (Wildman–Crippen LogP) is 2.95. The van der Waals surface area contributed by atoms with E-state index in [-0.39, 0.29) is 34.4 Å². The number of nitrogen functional groups attached to an aromatic ring is 1. The van der Waals surface area contributed by atoms with Gasteiger partial charge in [0.25, 0.3) is 0 Å². The van der Waals surface area contributed by atoms with Crippen LogP contribution in [0.25, 0.3) is 0 Å². The van der Waals surface area contributed by atoms with Crippen LogP contribution in [-0.2, 0) is 10.3 Å². The van der Waals surface area contributed by atoms with E-state index in [4.69, 9.17) is 20.6 Å². The Morgan fingerprint density at radius 3 is 2.50 bits per heavy atom. The molecule has 0 saturated carbocycles. The lowest BCUT2D eigenvalue weighted by Gasteiger charge is -2.37. The Labute approximate surface area is 159 Å². The summed E-state index contributed by atoms with van der Waals surface area (Å²) in [6.07, 6.45) is 0. The number of benzene rings is 3. The molecule has 7 nitrogen and oxygen atoms in total. The van der Waals surface area contributed by atoms with E-state index in [1.54, 1.807) is 30.3 Å². The summed E-state index contributed by atoms with van der Waals surface area (Å²) < 4.78 is 11.9. The third-order valence-corrected chi connectivity index (χ3v) is 5.07. The van der Waals surface area contributed by atoms with Crippen LogP contribution in [0, 0.1) is 5.41 Å². The van der Waals surface area contributed by atoms with E-state index < -0.39 is 11.6 Å². The van der Waals surface area contributed by atoms with Gasteiger partial charge in [0.1, 0.15) is 28.8 Å². The number of nitrogens with one attached hydrogen (secondary N) is 1. The quantitative estimate of drug-likeness (QED) is 0.295.